The molecule has 3 rings (SSSR count). The van der Waals surface area contributed by atoms with Crippen molar-refractivity contribution in [2.45, 2.75) is 70.6 Å². The van der Waals surface area contributed by atoms with Crippen molar-refractivity contribution in [1.82, 2.24) is 19.7 Å². The number of aryl methyl sites for hydroxylation is 1. The van der Waals surface area contributed by atoms with E-state index in [1.54, 1.807) is 11.8 Å². The molecule has 134 valence electrons. The zero-order valence-corrected chi connectivity index (χ0v) is 13.8. The van der Waals surface area contributed by atoms with Gasteiger partial charge in [-0.1, -0.05) is 19.3 Å². The Morgan fingerprint density at radius 3 is 2.54 bits per heavy atom. The molecular weight excluding hydrogens is 321 g/mol. The van der Waals surface area contributed by atoms with Crippen molar-refractivity contribution in [3.8, 4) is 0 Å². The van der Waals surface area contributed by atoms with Gasteiger partial charge in [-0.25, -0.2) is 9.67 Å². The number of rotatable bonds is 3. The number of amides is 1. The summed E-state index contributed by atoms with van der Waals surface area (Å²) in [4.78, 5) is 18.8. The van der Waals surface area contributed by atoms with Crippen molar-refractivity contribution in [2.24, 2.45) is 5.92 Å². The molecule has 24 heavy (non-hydrogen) atoms. The largest absolute Gasteiger partial charge is 0.408 e. The van der Waals surface area contributed by atoms with E-state index in [1.807, 2.05) is 0 Å². The lowest BCUT2D eigenvalue weighted by molar-refractivity contribution is -0.143. The number of carbonyl (C=O) groups is 1. The van der Waals surface area contributed by atoms with Gasteiger partial charge in [0.1, 0.15) is 18.2 Å². The van der Waals surface area contributed by atoms with Crippen LogP contribution in [0, 0.1) is 12.8 Å². The van der Waals surface area contributed by atoms with E-state index in [4.69, 9.17) is 0 Å². The maximum atomic E-state index is 12.8. The van der Waals surface area contributed by atoms with Crippen LogP contribution >= 0.6 is 0 Å². The highest BCUT2D eigenvalue weighted by Crippen LogP contribution is 2.35. The number of halogens is 3. The minimum Gasteiger partial charge on any atom is -0.332 e. The third-order valence-electron chi connectivity index (χ3n) is 4.92. The summed E-state index contributed by atoms with van der Waals surface area (Å²) in [6.07, 6.45) is 2.12. The lowest BCUT2D eigenvalue weighted by Crippen LogP contribution is -2.38. The second kappa shape index (κ2) is 6.72. The molecule has 0 unspecified atom stereocenters. The van der Waals surface area contributed by atoms with Gasteiger partial charge < -0.3 is 4.90 Å². The van der Waals surface area contributed by atoms with E-state index < -0.39 is 12.7 Å². The molecule has 0 aromatic carbocycles. The summed E-state index contributed by atoms with van der Waals surface area (Å²) < 4.78 is 39.3. The monoisotopic (exact) mass is 344 g/mol. The van der Waals surface area contributed by atoms with Crippen LogP contribution in [0.1, 0.15) is 62.6 Å². The molecule has 2 fully saturated rings. The minimum atomic E-state index is -4.36. The molecule has 8 heteroatoms. The lowest BCUT2D eigenvalue weighted by Gasteiger charge is -2.30. The van der Waals surface area contributed by atoms with Crippen LogP contribution in [-0.4, -0.2) is 38.3 Å². The Bertz CT molecular complexity index is 593. The van der Waals surface area contributed by atoms with E-state index in [0.717, 1.165) is 43.2 Å². The van der Waals surface area contributed by atoms with Crippen LogP contribution in [0.5, 0.6) is 0 Å². The molecular formula is C16H23F3N4O. The fourth-order valence-electron chi connectivity index (χ4n) is 3.89. The molecule has 1 saturated carbocycles. The average molecular weight is 344 g/mol. The molecule has 0 N–H and O–H groups in total. The third-order valence-corrected chi connectivity index (χ3v) is 4.92. The van der Waals surface area contributed by atoms with Crippen LogP contribution in [0.15, 0.2) is 0 Å². The van der Waals surface area contributed by atoms with Gasteiger partial charge >= 0.3 is 6.18 Å². The Hall–Kier alpha value is -1.60. The zero-order valence-electron chi connectivity index (χ0n) is 13.8. The molecule has 0 spiro atoms. The third kappa shape index (κ3) is 3.72. The Kier molecular flexibility index (Phi) is 4.83. The van der Waals surface area contributed by atoms with Crippen molar-refractivity contribution < 1.29 is 18.0 Å². The zero-order chi connectivity index (χ0) is 17.3. The predicted molar refractivity (Wildman–Crippen MR) is 81.1 cm³/mol. The highest BCUT2D eigenvalue weighted by Gasteiger charge is 2.38. The first kappa shape index (κ1) is 17.2. The van der Waals surface area contributed by atoms with E-state index in [-0.39, 0.29) is 23.7 Å². The van der Waals surface area contributed by atoms with Crippen LogP contribution in [0.3, 0.4) is 0 Å². The molecule has 1 aromatic heterocycles. The summed E-state index contributed by atoms with van der Waals surface area (Å²) in [5.74, 6) is 0.675. The number of alkyl halides is 3. The van der Waals surface area contributed by atoms with Gasteiger partial charge in [-0.15, -0.1) is 0 Å². The van der Waals surface area contributed by atoms with E-state index in [1.165, 1.54) is 0 Å². The fraction of sp³-hybridized carbons (Fsp3) is 0.812. The molecule has 2 heterocycles. The number of hydrogen-bond donors (Lipinski definition) is 0. The minimum absolute atomic E-state index is 0.0134. The first-order valence-electron chi connectivity index (χ1n) is 8.64. The second-order valence-electron chi connectivity index (χ2n) is 6.81. The smallest absolute Gasteiger partial charge is 0.332 e. The van der Waals surface area contributed by atoms with E-state index in [2.05, 4.69) is 10.1 Å². The number of aromatic nitrogens is 3. The molecule has 1 saturated heterocycles. The SMILES string of the molecule is Cc1nc([C@@H]2CCCN2C(=O)C2CCCCC2)n(CC(F)(F)F)n1. The maximum absolute atomic E-state index is 12.8. The van der Waals surface area contributed by atoms with Crippen LogP contribution in [0.2, 0.25) is 0 Å². The van der Waals surface area contributed by atoms with Gasteiger partial charge in [-0.2, -0.15) is 18.3 Å². The topological polar surface area (TPSA) is 51.0 Å². The number of carbonyl (C=O) groups excluding carboxylic acids is 1. The second-order valence-corrected chi connectivity index (χ2v) is 6.81. The normalized spacial score (nSPS) is 23.0. The Morgan fingerprint density at radius 2 is 1.88 bits per heavy atom. The van der Waals surface area contributed by atoms with Crippen LogP contribution in [0.4, 0.5) is 13.2 Å². The van der Waals surface area contributed by atoms with Crippen molar-refractivity contribution in [3.63, 3.8) is 0 Å². The average Bonchev–Trinajstić information content (AvgIpc) is 3.12. The Labute approximate surface area is 139 Å². The van der Waals surface area contributed by atoms with E-state index in [0.29, 0.717) is 18.8 Å². The molecule has 2 aliphatic rings. The van der Waals surface area contributed by atoms with Crippen LogP contribution in [-0.2, 0) is 11.3 Å². The molecule has 1 aromatic rings. The van der Waals surface area contributed by atoms with Crippen molar-refractivity contribution >= 4 is 5.91 Å². The number of nitrogens with zero attached hydrogens (tertiary/aromatic N) is 4. The van der Waals surface area contributed by atoms with E-state index >= 15 is 0 Å². The Morgan fingerprint density at radius 1 is 1.17 bits per heavy atom. The first-order valence-corrected chi connectivity index (χ1v) is 8.64. The van der Waals surface area contributed by atoms with Gasteiger partial charge in [0.25, 0.3) is 0 Å². The molecule has 5 nitrogen and oxygen atoms in total. The van der Waals surface area contributed by atoms with Gasteiger partial charge in [-0.05, 0) is 32.6 Å². The molecule has 1 aliphatic carbocycles. The van der Waals surface area contributed by atoms with Gasteiger partial charge in [-0.3, -0.25) is 4.79 Å². The lowest BCUT2D eigenvalue weighted by atomic mass is 9.88. The van der Waals surface area contributed by atoms with Crippen molar-refractivity contribution in [2.75, 3.05) is 6.54 Å². The molecule has 0 bridgehead atoms. The number of likely N-dealkylation sites (tertiary alicyclic amines) is 1. The first-order chi connectivity index (χ1) is 11.3. The number of hydrogen-bond acceptors (Lipinski definition) is 3. The van der Waals surface area contributed by atoms with Gasteiger partial charge in [0.2, 0.25) is 5.91 Å². The van der Waals surface area contributed by atoms with Crippen molar-refractivity contribution in [1.29, 1.82) is 0 Å². The summed E-state index contributed by atoms with van der Waals surface area (Å²) >= 11 is 0. The van der Waals surface area contributed by atoms with E-state index in [9.17, 15) is 18.0 Å². The molecule has 1 atom stereocenters. The highest BCUT2D eigenvalue weighted by molar-refractivity contribution is 5.79. The van der Waals surface area contributed by atoms with Gasteiger partial charge in [0.15, 0.2) is 0 Å². The van der Waals surface area contributed by atoms with Crippen LogP contribution < -0.4 is 0 Å². The van der Waals surface area contributed by atoms with Gasteiger partial charge in [0, 0.05) is 12.5 Å². The Balaban J connectivity index is 1.81. The predicted octanol–water partition coefficient (Wildman–Crippen LogP) is 3.39. The summed E-state index contributed by atoms with van der Waals surface area (Å²) in [6.45, 7) is 1.02. The summed E-state index contributed by atoms with van der Waals surface area (Å²) in [5, 5.41) is 3.89. The van der Waals surface area contributed by atoms with Gasteiger partial charge in [0.05, 0.1) is 6.04 Å². The maximum Gasteiger partial charge on any atom is 0.408 e. The van der Waals surface area contributed by atoms with Crippen LogP contribution in [0.25, 0.3) is 0 Å². The molecule has 1 amide bonds. The fourth-order valence-corrected chi connectivity index (χ4v) is 3.89. The summed E-state index contributed by atoms with van der Waals surface area (Å²) in [7, 11) is 0. The summed E-state index contributed by atoms with van der Waals surface area (Å²) in [6, 6.07) is -0.386. The van der Waals surface area contributed by atoms with Crippen molar-refractivity contribution in [3.05, 3.63) is 11.6 Å². The molecule has 1 aliphatic heterocycles. The summed E-state index contributed by atoms with van der Waals surface area (Å²) in [5.41, 5.74) is 0. The quantitative estimate of drug-likeness (QED) is 0.844. The highest BCUT2D eigenvalue weighted by atomic mass is 19.4. The standard InChI is InChI=1S/C16H23F3N4O/c1-11-20-14(23(21-11)10-16(17,18)19)13-8-5-9-22(13)15(24)12-6-3-2-4-7-12/h12-13H,2-10H2,1H3/t13-/m0/s1. The molecule has 0 radical (unpaired) electrons.